The van der Waals surface area contributed by atoms with Gasteiger partial charge in [-0.25, -0.2) is 4.39 Å². The van der Waals surface area contributed by atoms with Crippen LogP contribution in [0.5, 0.6) is 0 Å². The van der Waals surface area contributed by atoms with Crippen LogP contribution in [0.3, 0.4) is 0 Å². The first-order valence-electron chi connectivity index (χ1n) is 5.71. The molecule has 0 radical (unpaired) electrons. The molecule has 5 heteroatoms. The van der Waals surface area contributed by atoms with Gasteiger partial charge in [0.1, 0.15) is 5.82 Å². The molecule has 0 aromatic heterocycles. The second-order valence-corrected chi connectivity index (χ2v) is 4.37. The zero-order valence-corrected chi connectivity index (χ0v) is 9.47. The van der Waals surface area contributed by atoms with E-state index in [4.69, 9.17) is 5.11 Å². The van der Waals surface area contributed by atoms with Gasteiger partial charge in [0, 0.05) is 18.0 Å². The summed E-state index contributed by atoms with van der Waals surface area (Å²) in [6.07, 6.45) is 0. The minimum absolute atomic E-state index is 0.0552. The van der Waals surface area contributed by atoms with Crippen molar-refractivity contribution >= 4 is 0 Å². The summed E-state index contributed by atoms with van der Waals surface area (Å²) in [5.74, 6) is -0.217. The predicted octanol–water partition coefficient (Wildman–Crippen LogP) is -0.567. The number of nitrogens with zero attached hydrogens (tertiary/aromatic N) is 1. The molecule has 0 amide bonds. The first-order chi connectivity index (χ1) is 8.24. The fraction of sp³-hybridized carbons (Fsp3) is 0.500. The molecule has 1 fully saturated rings. The van der Waals surface area contributed by atoms with Gasteiger partial charge in [-0.3, -0.25) is 4.90 Å². The maximum Gasteiger partial charge on any atom is 0.219 e. The number of benzene rings is 1. The number of rotatable bonds is 4. The Morgan fingerprint density at radius 2 is 2.06 bits per heavy atom. The summed E-state index contributed by atoms with van der Waals surface area (Å²) in [4.78, 5) is 13.0. The smallest absolute Gasteiger partial charge is 0.219 e. The van der Waals surface area contributed by atoms with E-state index in [9.17, 15) is 9.30 Å². The minimum atomic E-state index is -0.273. The van der Waals surface area contributed by atoms with E-state index in [2.05, 4.69) is 0 Å². The van der Waals surface area contributed by atoms with Crippen LogP contribution in [0.25, 0.3) is 0 Å². The number of halogens is 1. The summed E-state index contributed by atoms with van der Waals surface area (Å²) in [6.45, 7) is 1.98. The van der Waals surface area contributed by atoms with Gasteiger partial charge in [0.25, 0.3) is 0 Å². The Kier molecular flexibility index (Phi) is 3.81. The molecule has 2 atom stereocenters. The molecule has 0 spiro atoms. The van der Waals surface area contributed by atoms with Crippen molar-refractivity contribution in [2.24, 2.45) is 0 Å². The Bertz CT molecular complexity index is 383. The summed E-state index contributed by atoms with van der Waals surface area (Å²) >= 11 is 0. The number of hydrogen-bond acceptors (Lipinski definition) is 3. The molecule has 1 saturated heterocycles. The number of aliphatic hydroxyl groups is 1. The van der Waals surface area contributed by atoms with E-state index in [1.807, 2.05) is 10.1 Å². The summed E-state index contributed by atoms with van der Waals surface area (Å²) < 4.78 is 12.8. The van der Waals surface area contributed by atoms with Crippen molar-refractivity contribution in [3.8, 4) is 0 Å². The molecule has 1 heterocycles. The van der Waals surface area contributed by atoms with Crippen molar-refractivity contribution in [2.75, 3.05) is 26.2 Å². The lowest BCUT2D eigenvalue weighted by molar-refractivity contribution is -0.523. The van der Waals surface area contributed by atoms with Crippen LogP contribution in [0.2, 0.25) is 0 Å². The zero-order valence-electron chi connectivity index (χ0n) is 9.47. The Labute approximate surface area is 99.0 Å². The Balaban J connectivity index is 2.13. The quantitative estimate of drug-likeness (QED) is 0.740. The third kappa shape index (κ3) is 2.68. The molecule has 2 N–H and O–H groups in total. The number of likely N-dealkylation sites (tertiary alicyclic amines) is 1. The SMILES string of the molecule is O=[NH+]C1CN(CCO)CC1c1ccc(F)cc1. The van der Waals surface area contributed by atoms with Crippen molar-refractivity contribution in [3.05, 3.63) is 40.6 Å². The highest BCUT2D eigenvalue weighted by molar-refractivity contribution is 5.23. The molecule has 17 heavy (non-hydrogen) atoms. The van der Waals surface area contributed by atoms with Crippen LogP contribution in [0, 0.1) is 10.7 Å². The Morgan fingerprint density at radius 1 is 1.35 bits per heavy atom. The summed E-state index contributed by atoms with van der Waals surface area (Å²) in [6, 6.07) is 6.06. The summed E-state index contributed by atoms with van der Waals surface area (Å²) in [5.41, 5.74) is 0.959. The number of nitrogens with one attached hydrogen (secondary N) is 1. The van der Waals surface area contributed by atoms with Crippen LogP contribution in [0.1, 0.15) is 11.5 Å². The van der Waals surface area contributed by atoms with Gasteiger partial charge >= 0.3 is 0 Å². The van der Waals surface area contributed by atoms with Gasteiger partial charge in [-0.15, -0.1) is 0 Å². The predicted molar refractivity (Wildman–Crippen MR) is 60.8 cm³/mol. The first kappa shape index (κ1) is 12.1. The highest BCUT2D eigenvalue weighted by atomic mass is 19.1. The Hall–Kier alpha value is -1.33. The van der Waals surface area contributed by atoms with E-state index in [1.54, 1.807) is 12.1 Å². The molecule has 1 aromatic carbocycles. The van der Waals surface area contributed by atoms with Gasteiger partial charge in [0.15, 0.2) is 0 Å². The number of nitroso groups, excluding NO2 is 1. The molecular formula is C12H16FN2O2+. The third-order valence-corrected chi connectivity index (χ3v) is 3.26. The molecule has 1 aliphatic heterocycles. The second-order valence-electron chi connectivity index (χ2n) is 4.37. The van der Waals surface area contributed by atoms with E-state index in [1.165, 1.54) is 12.1 Å². The van der Waals surface area contributed by atoms with Gasteiger partial charge in [0.2, 0.25) is 6.04 Å². The van der Waals surface area contributed by atoms with Crippen molar-refractivity contribution < 1.29 is 14.7 Å². The van der Waals surface area contributed by atoms with E-state index < -0.39 is 0 Å². The van der Waals surface area contributed by atoms with Crippen molar-refractivity contribution in [3.63, 3.8) is 0 Å². The monoisotopic (exact) mass is 239 g/mol. The zero-order chi connectivity index (χ0) is 12.3. The van der Waals surface area contributed by atoms with Gasteiger partial charge < -0.3 is 5.11 Å². The lowest BCUT2D eigenvalue weighted by Crippen LogP contribution is -2.75. The summed E-state index contributed by atoms with van der Waals surface area (Å²) in [5, 5.41) is 10.9. The molecule has 1 aliphatic rings. The molecule has 0 bridgehead atoms. The van der Waals surface area contributed by atoms with E-state index in [0.29, 0.717) is 19.6 Å². The molecule has 4 nitrogen and oxygen atoms in total. The average molecular weight is 239 g/mol. The number of β-amino-alcohol motifs (C(OH)–C–C–N with tert-alkyl or cyclic N) is 1. The molecule has 2 unspecified atom stereocenters. The van der Waals surface area contributed by atoms with Gasteiger partial charge in [-0.05, 0) is 22.9 Å². The molecular weight excluding hydrogens is 223 g/mol. The lowest BCUT2D eigenvalue weighted by atomic mass is 9.95. The van der Waals surface area contributed by atoms with E-state index >= 15 is 0 Å². The van der Waals surface area contributed by atoms with Crippen molar-refractivity contribution in [1.82, 2.24) is 4.90 Å². The fourth-order valence-corrected chi connectivity index (χ4v) is 2.38. The normalized spacial score (nSPS) is 25.1. The number of hydrogen-bond donors (Lipinski definition) is 2. The van der Waals surface area contributed by atoms with Crippen LogP contribution in [0.15, 0.2) is 24.3 Å². The van der Waals surface area contributed by atoms with E-state index in [0.717, 1.165) is 5.56 Å². The van der Waals surface area contributed by atoms with Crippen LogP contribution in [-0.2, 0) is 0 Å². The van der Waals surface area contributed by atoms with Crippen molar-refractivity contribution in [1.29, 1.82) is 0 Å². The highest BCUT2D eigenvalue weighted by Crippen LogP contribution is 2.25. The molecule has 1 aromatic rings. The van der Waals surface area contributed by atoms with E-state index in [-0.39, 0.29) is 24.4 Å². The molecule has 0 saturated carbocycles. The van der Waals surface area contributed by atoms with Crippen LogP contribution < -0.4 is 5.18 Å². The second kappa shape index (κ2) is 5.33. The van der Waals surface area contributed by atoms with Gasteiger partial charge in [-0.1, -0.05) is 12.1 Å². The summed E-state index contributed by atoms with van der Waals surface area (Å²) in [7, 11) is 0. The molecule has 92 valence electrons. The standard InChI is InChI=1S/C12H15FN2O2/c13-10-3-1-9(2-4-10)11-7-15(5-6-16)8-12(11)14-17/h1-4,11-12,16H,5-8H2/p+1. The number of aliphatic hydroxyl groups excluding tert-OH is 1. The molecule has 0 aliphatic carbocycles. The van der Waals surface area contributed by atoms with Gasteiger partial charge in [-0.2, -0.15) is 0 Å². The van der Waals surface area contributed by atoms with Crippen molar-refractivity contribution in [2.45, 2.75) is 12.0 Å². The van der Waals surface area contributed by atoms with Crippen LogP contribution in [-0.4, -0.2) is 42.3 Å². The third-order valence-electron chi connectivity index (χ3n) is 3.26. The Morgan fingerprint density at radius 3 is 2.65 bits per heavy atom. The maximum atomic E-state index is 12.8. The minimum Gasteiger partial charge on any atom is -0.395 e. The van der Waals surface area contributed by atoms with Crippen LogP contribution >= 0.6 is 0 Å². The highest BCUT2D eigenvalue weighted by Gasteiger charge is 2.38. The average Bonchev–Trinajstić information content (AvgIpc) is 2.74. The maximum absolute atomic E-state index is 12.8. The lowest BCUT2D eigenvalue weighted by Gasteiger charge is -2.12. The van der Waals surface area contributed by atoms with Crippen LogP contribution in [0.4, 0.5) is 4.39 Å². The topological polar surface area (TPSA) is 54.5 Å². The first-order valence-corrected chi connectivity index (χ1v) is 5.71. The van der Waals surface area contributed by atoms with Gasteiger partial charge in [0.05, 0.1) is 19.1 Å². The fourth-order valence-electron chi connectivity index (χ4n) is 2.38. The molecule has 2 rings (SSSR count). The largest absolute Gasteiger partial charge is 0.395 e.